The molecule has 92 valence electrons. The molecule has 1 aromatic heterocycles. The number of halogens is 2. The van der Waals surface area contributed by atoms with Crippen molar-refractivity contribution in [1.82, 2.24) is 4.57 Å². The summed E-state index contributed by atoms with van der Waals surface area (Å²) >= 11 is 7.01. The Hall–Kier alpha value is -0.840. The van der Waals surface area contributed by atoms with Gasteiger partial charge in [-0.2, -0.15) is 0 Å². The van der Waals surface area contributed by atoms with Gasteiger partial charge in [0, 0.05) is 26.3 Å². The molecule has 0 aliphatic rings. The lowest BCUT2D eigenvalue weighted by molar-refractivity contribution is 0.280. The third kappa shape index (κ3) is 1.88. The van der Waals surface area contributed by atoms with E-state index in [0.717, 1.165) is 20.0 Å². The first-order valence-corrected chi connectivity index (χ1v) is 7.27. The lowest BCUT2D eigenvalue weighted by Gasteiger charge is -2.05. The molecular weight excluding hydrogens is 358 g/mol. The van der Waals surface area contributed by atoms with Gasteiger partial charge in [0.1, 0.15) is 0 Å². The molecule has 0 spiro atoms. The summed E-state index contributed by atoms with van der Waals surface area (Å²) < 4.78 is 4.26. The number of rotatable bonds is 2. The zero-order chi connectivity index (χ0) is 12.7. The second-order valence-electron chi connectivity index (χ2n) is 4.20. The van der Waals surface area contributed by atoms with Crippen LogP contribution in [0, 0.1) is 0 Å². The lowest BCUT2D eigenvalue weighted by atomic mass is 10.2. The van der Waals surface area contributed by atoms with Gasteiger partial charge in [-0.15, -0.1) is 0 Å². The summed E-state index contributed by atoms with van der Waals surface area (Å²) in [5.41, 5.74) is 2.29. The van der Waals surface area contributed by atoms with E-state index in [9.17, 15) is 5.11 Å². The molecule has 4 heteroatoms. The Balaban J connectivity index is 2.48. The second kappa shape index (κ2) is 4.68. The maximum absolute atomic E-state index is 9.25. The molecular formula is C14H11Br2NO. The van der Waals surface area contributed by atoms with Gasteiger partial charge in [-0.3, -0.25) is 0 Å². The molecule has 0 radical (unpaired) electrons. The van der Waals surface area contributed by atoms with Gasteiger partial charge in [0.05, 0.1) is 17.6 Å². The number of hydrogen-bond donors (Lipinski definition) is 1. The summed E-state index contributed by atoms with van der Waals surface area (Å²) in [7, 11) is 0. The fourth-order valence-electron chi connectivity index (χ4n) is 2.38. The van der Waals surface area contributed by atoms with E-state index in [1.807, 2.05) is 12.1 Å². The third-order valence-electron chi connectivity index (χ3n) is 3.11. The molecule has 3 rings (SSSR count). The van der Waals surface area contributed by atoms with E-state index in [2.05, 4.69) is 60.7 Å². The fraction of sp³-hybridized carbons (Fsp3) is 0.143. The zero-order valence-electron chi connectivity index (χ0n) is 9.53. The van der Waals surface area contributed by atoms with Crippen molar-refractivity contribution >= 4 is 53.7 Å². The molecule has 0 bridgehead atoms. The van der Waals surface area contributed by atoms with Crippen molar-refractivity contribution in [1.29, 1.82) is 0 Å². The Bertz CT molecular complexity index is 674. The van der Waals surface area contributed by atoms with Crippen LogP contribution in [-0.4, -0.2) is 16.3 Å². The van der Waals surface area contributed by atoms with E-state index in [4.69, 9.17) is 0 Å². The van der Waals surface area contributed by atoms with Crippen molar-refractivity contribution in [3.63, 3.8) is 0 Å². The number of aliphatic hydroxyl groups is 1. The van der Waals surface area contributed by atoms with Gasteiger partial charge in [0.25, 0.3) is 0 Å². The van der Waals surface area contributed by atoms with Crippen LogP contribution in [-0.2, 0) is 6.54 Å². The van der Waals surface area contributed by atoms with Crippen molar-refractivity contribution in [2.24, 2.45) is 0 Å². The van der Waals surface area contributed by atoms with Gasteiger partial charge < -0.3 is 9.67 Å². The average molecular weight is 369 g/mol. The Morgan fingerprint density at radius 1 is 0.889 bits per heavy atom. The van der Waals surface area contributed by atoms with Crippen molar-refractivity contribution < 1.29 is 5.11 Å². The molecule has 3 aromatic rings. The van der Waals surface area contributed by atoms with Gasteiger partial charge in [0.15, 0.2) is 0 Å². The molecule has 0 aliphatic heterocycles. The maximum Gasteiger partial charge on any atom is 0.0610 e. The third-order valence-corrected chi connectivity index (χ3v) is 4.10. The summed E-state index contributed by atoms with van der Waals surface area (Å²) in [4.78, 5) is 0. The number of fused-ring (bicyclic) bond motifs is 3. The minimum absolute atomic E-state index is 0.137. The first-order chi connectivity index (χ1) is 8.70. The molecule has 18 heavy (non-hydrogen) atoms. The zero-order valence-corrected chi connectivity index (χ0v) is 12.7. The first-order valence-electron chi connectivity index (χ1n) is 5.68. The molecule has 0 fully saturated rings. The van der Waals surface area contributed by atoms with Crippen molar-refractivity contribution in [2.75, 3.05) is 6.61 Å². The van der Waals surface area contributed by atoms with Crippen LogP contribution >= 0.6 is 31.9 Å². The van der Waals surface area contributed by atoms with Gasteiger partial charge in [0.2, 0.25) is 0 Å². The fourth-order valence-corrected chi connectivity index (χ4v) is 3.08. The monoisotopic (exact) mass is 367 g/mol. The highest BCUT2D eigenvalue weighted by atomic mass is 79.9. The van der Waals surface area contributed by atoms with Crippen LogP contribution in [0.2, 0.25) is 0 Å². The quantitative estimate of drug-likeness (QED) is 0.716. The SMILES string of the molecule is OCCn1c2cc(Br)ccc2c2ccc(Br)cc21. The minimum Gasteiger partial charge on any atom is -0.395 e. The van der Waals surface area contributed by atoms with Crippen LogP contribution in [0.5, 0.6) is 0 Å². The lowest BCUT2D eigenvalue weighted by Crippen LogP contribution is -2.01. The number of benzene rings is 2. The highest BCUT2D eigenvalue weighted by Gasteiger charge is 2.10. The van der Waals surface area contributed by atoms with Gasteiger partial charge in [-0.05, 0) is 24.3 Å². The molecule has 0 atom stereocenters. The normalized spacial score (nSPS) is 11.5. The average Bonchev–Trinajstić information content (AvgIpc) is 2.63. The van der Waals surface area contributed by atoms with E-state index >= 15 is 0 Å². The number of nitrogens with zero attached hydrogens (tertiary/aromatic N) is 1. The molecule has 0 unspecified atom stereocenters. The van der Waals surface area contributed by atoms with Crippen LogP contribution in [0.1, 0.15) is 0 Å². The first kappa shape index (κ1) is 12.2. The Labute approximate surface area is 121 Å². The molecule has 0 amide bonds. The maximum atomic E-state index is 9.25. The van der Waals surface area contributed by atoms with Crippen molar-refractivity contribution in [3.8, 4) is 0 Å². The summed E-state index contributed by atoms with van der Waals surface area (Å²) in [5.74, 6) is 0. The minimum atomic E-state index is 0.137. The molecule has 2 nitrogen and oxygen atoms in total. The highest BCUT2D eigenvalue weighted by molar-refractivity contribution is 9.10. The summed E-state index contributed by atoms with van der Waals surface area (Å²) in [6, 6.07) is 12.5. The van der Waals surface area contributed by atoms with Gasteiger partial charge in [-0.1, -0.05) is 44.0 Å². The van der Waals surface area contributed by atoms with Crippen LogP contribution in [0.3, 0.4) is 0 Å². The molecule has 0 saturated carbocycles. The highest BCUT2D eigenvalue weighted by Crippen LogP contribution is 2.32. The number of hydrogen-bond acceptors (Lipinski definition) is 1. The molecule has 2 aromatic carbocycles. The standard InChI is InChI=1S/C14H11Br2NO/c15-9-1-3-11-12-4-2-10(16)8-14(12)17(5-6-18)13(11)7-9/h1-4,7-8,18H,5-6H2. The van der Waals surface area contributed by atoms with Gasteiger partial charge >= 0.3 is 0 Å². The Morgan fingerprint density at radius 3 is 1.83 bits per heavy atom. The van der Waals surface area contributed by atoms with Crippen LogP contribution < -0.4 is 0 Å². The van der Waals surface area contributed by atoms with Crippen LogP contribution in [0.4, 0.5) is 0 Å². The predicted octanol–water partition coefficient (Wildman–Crippen LogP) is 4.31. The van der Waals surface area contributed by atoms with E-state index in [1.165, 1.54) is 10.8 Å². The van der Waals surface area contributed by atoms with Gasteiger partial charge in [-0.25, -0.2) is 0 Å². The molecule has 1 heterocycles. The summed E-state index contributed by atoms with van der Waals surface area (Å²) in [6.07, 6.45) is 0. The Kier molecular flexibility index (Phi) is 3.18. The van der Waals surface area contributed by atoms with E-state index in [0.29, 0.717) is 6.54 Å². The smallest absolute Gasteiger partial charge is 0.0610 e. The molecule has 1 N–H and O–H groups in total. The number of aliphatic hydroxyl groups excluding tert-OH is 1. The molecule has 0 saturated heterocycles. The summed E-state index contributed by atoms with van der Waals surface area (Å²) in [5, 5.41) is 11.7. The topological polar surface area (TPSA) is 25.2 Å². The second-order valence-corrected chi connectivity index (χ2v) is 6.03. The van der Waals surface area contributed by atoms with Crippen LogP contribution in [0.25, 0.3) is 21.8 Å². The van der Waals surface area contributed by atoms with E-state index in [1.54, 1.807) is 0 Å². The van der Waals surface area contributed by atoms with E-state index < -0.39 is 0 Å². The molecule has 0 aliphatic carbocycles. The van der Waals surface area contributed by atoms with E-state index in [-0.39, 0.29) is 6.61 Å². The summed E-state index contributed by atoms with van der Waals surface area (Å²) in [6.45, 7) is 0.741. The number of aromatic nitrogens is 1. The Morgan fingerprint density at radius 2 is 1.39 bits per heavy atom. The van der Waals surface area contributed by atoms with Crippen molar-refractivity contribution in [3.05, 3.63) is 45.3 Å². The largest absolute Gasteiger partial charge is 0.395 e. The van der Waals surface area contributed by atoms with Crippen LogP contribution in [0.15, 0.2) is 45.3 Å². The van der Waals surface area contributed by atoms with Crippen molar-refractivity contribution in [2.45, 2.75) is 6.54 Å². The predicted molar refractivity (Wildman–Crippen MR) is 81.9 cm³/mol.